The van der Waals surface area contributed by atoms with Crippen LogP contribution >= 0.6 is 0 Å². The zero-order chi connectivity index (χ0) is 12.2. The van der Waals surface area contributed by atoms with Crippen LogP contribution in [0.4, 0.5) is 4.79 Å². The number of hydrogen-bond donors (Lipinski definition) is 1. The highest BCUT2D eigenvalue weighted by molar-refractivity contribution is 5.69. The van der Waals surface area contributed by atoms with Gasteiger partial charge in [0.25, 0.3) is 0 Å². The summed E-state index contributed by atoms with van der Waals surface area (Å²) in [7, 11) is 0. The molecular weight excluding hydrogens is 202 g/mol. The van der Waals surface area contributed by atoms with Gasteiger partial charge in [0.05, 0.1) is 6.61 Å². The Kier molecular flexibility index (Phi) is 4.39. The summed E-state index contributed by atoms with van der Waals surface area (Å²) in [6, 6.07) is 0. The molecule has 16 heavy (non-hydrogen) atoms. The average Bonchev–Trinajstić information content (AvgIpc) is 2.17. The Morgan fingerprint density at radius 2 is 2.25 bits per heavy atom. The molecule has 3 heteroatoms. The lowest BCUT2D eigenvalue weighted by molar-refractivity contribution is 0.153. The molecule has 1 atom stereocenters. The minimum Gasteiger partial charge on any atom is -0.450 e. The molecule has 1 aliphatic rings. The zero-order valence-corrected chi connectivity index (χ0v) is 10.8. The third-order valence-corrected chi connectivity index (χ3v) is 3.17. The number of carbonyl (C=O) groups excluding carboxylic acids is 1. The Labute approximate surface area is 98.2 Å². The predicted octanol–water partition coefficient (Wildman–Crippen LogP) is 3.46. The van der Waals surface area contributed by atoms with Crippen molar-refractivity contribution in [3.8, 4) is 0 Å². The van der Waals surface area contributed by atoms with E-state index in [-0.39, 0.29) is 6.09 Å². The van der Waals surface area contributed by atoms with E-state index in [0.717, 1.165) is 25.0 Å². The van der Waals surface area contributed by atoms with Gasteiger partial charge in [-0.15, -0.1) is 0 Å². The molecule has 1 N–H and O–H groups in total. The van der Waals surface area contributed by atoms with Crippen LogP contribution in [0.15, 0.2) is 11.8 Å². The lowest BCUT2D eigenvalue weighted by Crippen LogP contribution is -2.28. The highest BCUT2D eigenvalue weighted by Gasteiger charge is 2.26. The van der Waals surface area contributed by atoms with Gasteiger partial charge in [-0.25, -0.2) is 4.79 Å². The molecule has 0 saturated carbocycles. The van der Waals surface area contributed by atoms with Crippen molar-refractivity contribution in [1.29, 1.82) is 0 Å². The first-order valence-corrected chi connectivity index (χ1v) is 6.06. The van der Waals surface area contributed by atoms with Crippen LogP contribution in [0.2, 0.25) is 0 Å². The summed E-state index contributed by atoms with van der Waals surface area (Å²) in [6.45, 7) is 9.05. The second-order valence-electron chi connectivity index (χ2n) is 5.41. The van der Waals surface area contributed by atoms with Crippen LogP contribution in [0, 0.1) is 11.3 Å². The summed E-state index contributed by atoms with van der Waals surface area (Å²) in [6.07, 6.45) is 4.94. The van der Waals surface area contributed by atoms with E-state index < -0.39 is 0 Å². The van der Waals surface area contributed by atoms with Crippen molar-refractivity contribution in [3.05, 3.63) is 11.8 Å². The van der Waals surface area contributed by atoms with Gasteiger partial charge in [-0.05, 0) is 37.5 Å². The van der Waals surface area contributed by atoms with Crippen LogP contribution in [-0.4, -0.2) is 12.7 Å². The van der Waals surface area contributed by atoms with Crippen LogP contribution < -0.4 is 5.32 Å². The van der Waals surface area contributed by atoms with Crippen molar-refractivity contribution in [2.24, 2.45) is 11.3 Å². The number of allylic oxidation sites excluding steroid dienone is 2. The number of alkyl carbamates (subject to hydrolysis) is 1. The Morgan fingerprint density at radius 1 is 1.56 bits per heavy atom. The highest BCUT2D eigenvalue weighted by Crippen LogP contribution is 2.36. The van der Waals surface area contributed by atoms with Crippen LogP contribution in [0.5, 0.6) is 0 Å². The van der Waals surface area contributed by atoms with Gasteiger partial charge in [-0.1, -0.05) is 26.8 Å². The monoisotopic (exact) mass is 225 g/mol. The summed E-state index contributed by atoms with van der Waals surface area (Å²) in [5.41, 5.74) is 1.37. The molecular formula is C13H23NO2. The molecule has 0 radical (unpaired) electrons. The summed E-state index contributed by atoms with van der Waals surface area (Å²) in [5, 5.41) is 2.79. The third kappa shape index (κ3) is 3.87. The van der Waals surface area contributed by atoms with E-state index >= 15 is 0 Å². The topological polar surface area (TPSA) is 38.3 Å². The van der Waals surface area contributed by atoms with Gasteiger partial charge in [-0.3, -0.25) is 5.32 Å². The summed E-state index contributed by atoms with van der Waals surface area (Å²) in [4.78, 5) is 11.2. The van der Waals surface area contributed by atoms with Crippen molar-refractivity contribution >= 4 is 6.09 Å². The van der Waals surface area contributed by atoms with Gasteiger partial charge in [0.15, 0.2) is 0 Å². The Balaban J connectivity index is 2.44. The Bertz CT molecular complexity index is 276. The molecule has 0 aromatic heterocycles. The van der Waals surface area contributed by atoms with Gasteiger partial charge in [0.1, 0.15) is 0 Å². The fourth-order valence-electron chi connectivity index (χ4n) is 2.03. The van der Waals surface area contributed by atoms with Gasteiger partial charge in [-0.2, -0.15) is 0 Å². The fraction of sp³-hybridized carbons (Fsp3) is 0.769. The fourth-order valence-corrected chi connectivity index (χ4v) is 2.03. The number of nitrogens with one attached hydrogen (secondary N) is 1. The smallest absolute Gasteiger partial charge is 0.411 e. The van der Waals surface area contributed by atoms with Gasteiger partial charge < -0.3 is 4.74 Å². The molecule has 0 aromatic carbocycles. The molecule has 92 valence electrons. The predicted molar refractivity (Wildman–Crippen MR) is 65.0 cm³/mol. The maximum atomic E-state index is 11.2. The van der Waals surface area contributed by atoms with Gasteiger partial charge in [0.2, 0.25) is 0 Å². The van der Waals surface area contributed by atoms with Crippen LogP contribution in [0.3, 0.4) is 0 Å². The summed E-state index contributed by atoms with van der Waals surface area (Å²) < 4.78 is 4.85. The molecule has 0 aromatic rings. The molecule has 3 nitrogen and oxygen atoms in total. The SMILES string of the molecule is CCOC(=O)NC1=CCC(C(C)(C)C)CC1. The van der Waals surface area contributed by atoms with E-state index in [9.17, 15) is 4.79 Å². The molecule has 0 bridgehead atoms. The lowest BCUT2D eigenvalue weighted by Gasteiger charge is -2.33. The Morgan fingerprint density at radius 3 is 2.69 bits per heavy atom. The Hall–Kier alpha value is -0.990. The van der Waals surface area contributed by atoms with Crippen LogP contribution in [0.25, 0.3) is 0 Å². The second kappa shape index (κ2) is 5.37. The van der Waals surface area contributed by atoms with E-state index in [1.807, 2.05) is 6.92 Å². The minimum absolute atomic E-state index is 0.331. The average molecular weight is 225 g/mol. The van der Waals surface area contributed by atoms with Gasteiger partial charge in [0, 0.05) is 5.70 Å². The molecule has 0 aliphatic heterocycles. The summed E-state index contributed by atoms with van der Waals surface area (Å²) in [5.74, 6) is 0.709. The standard InChI is InChI=1S/C13H23NO2/c1-5-16-12(15)14-11-8-6-10(7-9-11)13(2,3)4/h8,10H,5-7,9H2,1-4H3,(H,14,15). The molecule has 1 aliphatic carbocycles. The van der Waals surface area contributed by atoms with Crippen molar-refractivity contribution < 1.29 is 9.53 Å². The van der Waals surface area contributed by atoms with Crippen molar-refractivity contribution in [3.63, 3.8) is 0 Å². The molecule has 0 fully saturated rings. The third-order valence-electron chi connectivity index (χ3n) is 3.17. The van der Waals surface area contributed by atoms with E-state index in [4.69, 9.17) is 4.74 Å². The minimum atomic E-state index is -0.331. The lowest BCUT2D eigenvalue weighted by atomic mass is 9.74. The molecule has 0 saturated heterocycles. The van der Waals surface area contributed by atoms with Crippen LogP contribution in [0.1, 0.15) is 47.0 Å². The maximum absolute atomic E-state index is 11.2. The first-order chi connectivity index (χ1) is 7.43. The van der Waals surface area contributed by atoms with Crippen molar-refractivity contribution in [2.45, 2.75) is 47.0 Å². The zero-order valence-electron chi connectivity index (χ0n) is 10.8. The number of rotatable bonds is 2. The molecule has 0 spiro atoms. The largest absolute Gasteiger partial charge is 0.450 e. The van der Waals surface area contributed by atoms with Crippen LogP contribution in [-0.2, 0) is 4.74 Å². The number of hydrogen-bond acceptors (Lipinski definition) is 2. The number of amides is 1. The van der Waals surface area contributed by atoms with E-state index in [1.165, 1.54) is 0 Å². The maximum Gasteiger partial charge on any atom is 0.411 e. The normalized spacial score (nSPS) is 21.2. The van der Waals surface area contributed by atoms with E-state index in [2.05, 4.69) is 32.2 Å². The van der Waals surface area contributed by atoms with Gasteiger partial charge >= 0.3 is 6.09 Å². The number of ether oxygens (including phenoxy) is 1. The first-order valence-electron chi connectivity index (χ1n) is 6.06. The summed E-state index contributed by atoms with van der Waals surface area (Å²) >= 11 is 0. The first kappa shape index (κ1) is 13.1. The van der Waals surface area contributed by atoms with Crippen molar-refractivity contribution in [1.82, 2.24) is 5.32 Å². The molecule has 1 amide bonds. The molecule has 0 heterocycles. The highest BCUT2D eigenvalue weighted by atomic mass is 16.5. The number of carbonyl (C=O) groups is 1. The van der Waals surface area contributed by atoms with Crippen molar-refractivity contribution in [2.75, 3.05) is 6.61 Å². The molecule has 1 rings (SSSR count). The second-order valence-corrected chi connectivity index (χ2v) is 5.41. The van der Waals surface area contributed by atoms with E-state index in [0.29, 0.717) is 17.9 Å². The van der Waals surface area contributed by atoms with E-state index in [1.54, 1.807) is 0 Å². The quantitative estimate of drug-likeness (QED) is 0.781. The molecule has 1 unspecified atom stereocenters.